The summed E-state index contributed by atoms with van der Waals surface area (Å²) in [4.78, 5) is 27.8. The number of furan rings is 1. The highest BCUT2D eigenvalue weighted by Crippen LogP contribution is 2.41. The van der Waals surface area contributed by atoms with Crippen molar-refractivity contribution in [2.24, 2.45) is 0 Å². The number of thiophene rings is 1. The van der Waals surface area contributed by atoms with Crippen LogP contribution in [0.5, 0.6) is 0 Å². The number of ketones is 1. The lowest BCUT2D eigenvalue weighted by Gasteiger charge is -2.23. The molecule has 5 nitrogen and oxygen atoms in total. The van der Waals surface area contributed by atoms with Gasteiger partial charge < -0.3 is 14.4 Å². The van der Waals surface area contributed by atoms with Crippen LogP contribution < -0.4 is 0 Å². The molecule has 27 heavy (non-hydrogen) atoms. The zero-order valence-electron chi connectivity index (χ0n) is 14.0. The molecule has 0 aliphatic carbocycles. The number of nitrogens with zero attached hydrogens (tertiary/aromatic N) is 1. The Hall–Kier alpha value is -2.64. The fraction of sp³-hybridized carbons (Fsp3) is 0.100. The number of rotatable bonds is 4. The highest BCUT2D eigenvalue weighted by Gasteiger charge is 2.46. The van der Waals surface area contributed by atoms with E-state index in [0.717, 1.165) is 9.35 Å². The van der Waals surface area contributed by atoms with E-state index in [4.69, 9.17) is 4.42 Å². The first-order chi connectivity index (χ1) is 13.1. The first-order valence-corrected chi connectivity index (χ1v) is 9.83. The fourth-order valence-corrected chi connectivity index (χ4v) is 4.23. The van der Waals surface area contributed by atoms with Crippen LogP contribution in [0.4, 0.5) is 0 Å². The van der Waals surface area contributed by atoms with Crippen molar-refractivity contribution in [1.82, 2.24) is 4.90 Å². The normalized spacial score (nSPS) is 19.0. The number of aliphatic hydroxyl groups is 1. The van der Waals surface area contributed by atoms with E-state index in [2.05, 4.69) is 15.9 Å². The summed E-state index contributed by atoms with van der Waals surface area (Å²) >= 11 is 4.78. The van der Waals surface area contributed by atoms with Crippen LogP contribution in [-0.4, -0.2) is 21.7 Å². The summed E-state index contributed by atoms with van der Waals surface area (Å²) in [5.41, 5.74) is 0.576. The Bertz CT molecular complexity index is 1010. The molecule has 1 N–H and O–H groups in total. The number of amides is 1. The number of likely N-dealkylation sites (tertiary alicyclic amines) is 1. The molecule has 1 amide bonds. The molecule has 0 spiro atoms. The Morgan fingerprint density at radius 2 is 1.93 bits per heavy atom. The molecular formula is C20H14BrNO4S. The van der Waals surface area contributed by atoms with Crippen molar-refractivity contribution >= 4 is 44.7 Å². The van der Waals surface area contributed by atoms with Crippen molar-refractivity contribution in [1.29, 1.82) is 0 Å². The van der Waals surface area contributed by atoms with Crippen molar-refractivity contribution in [3.05, 3.63) is 86.4 Å². The van der Waals surface area contributed by atoms with Crippen molar-refractivity contribution in [2.45, 2.75) is 12.6 Å². The first kappa shape index (κ1) is 17.8. The van der Waals surface area contributed by atoms with Crippen molar-refractivity contribution in [3.63, 3.8) is 0 Å². The fourth-order valence-electron chi connectivity index (χ4n) is 3.12. The Morgan fingerprint density at radius 3 is 2.56 bits per heavy atom. The van der Waals surface area contributed by atoms with E-state index < -0.39 is 17.7 Å². The SMILES string of the molecule is O=C1C(=O)N(Cc2ccco2)C(c2cccs2)C1=C(O)c1ccc(Br)cc1. The molecule has 0 bridgehead atoms. The zero-order valence-corrected chi connectivity index (χ0v) is 16.4. The summed E-state index contributed by atoms with van der Waals surface area (Å²) in [7, 11) is 0. The number of aliphatic hydroxyl groups excluding tert-OH is 1. The summed E-state index contributed by atoms with van der Waals surface area (Å²) in [6.45, 7) is 0.150. The lowest BCUT2D eigenvalue weighted by atomic mass is 10.00. The minimum atomic E-state index is -0.694. The minimum Gasteiger partial charge on any atom is -0.507 e. The molecule has 3 heterocycles. The number of hydrogen-bond donors (Lipinski definition) is 1. The monoisotopic (exact) mass is 443 g/mol. The highest BCUT2D eigenvalue weighted by molar-refractivity contribution is 9.10. The third-order valence-electron chi connectivity index (χ3n) is 4.38. The summed E-state index contributed by atoms with van der Waals surface area (Å²) in [6.07, 6.45) is 1.52. The van der Waals surface area contributed by atoms with Gasteiger partial charge in [0, 0.05) is 14.9 Å². The minimum absolute atomic E-state index is 0.0938. The van der Waals surface area contributed by atoms with Crippen LogP contribution in [0.15, 0.2) is 74.6 Å². The number of halogens is 1. The van der Waals surface area contributed by atoms with Crippen LogP contribution in [-0.2, 0) is 16.1 Å². The molecule has 0 radical (unpaired) electrons. The maximum absolute atomic E-state index is 12.8. The van der Waals surface area contributed by atoms with Crippen molar-refractivity contribution < 1.29 is 19.1 Å². The summed E-state index contributed by atoms with van der Waals surface area (Å²) in [5, 5.41) is 12.7. The third kappa shape index (κ3) is 3.24. The highest BCUT2D eigenvalue weighted by atomic mass is 79.9. The average Bonchev–Trinajstić information content (AvgIpc) is 3.40. The quantitative estimate of drug-likeness (QED) is 0.359. The van der Waals surface area contributed by atoms with Gasteiger partial charge in [0.2, 0.25) is 0 Å². The summed E-state index contributed by atoms with van der Waals surface area (Å²) in [5.74, 6) is -0.952. The lowest BCUT2D eigenvalue weighted by Crippen LogP contribution is -2.28. The molecule has 1 atom stereocenters. The first-order valence-electron chi connectivity index (χ1n) is 8.16. The standard InChI is InChI=1S/C20H14BrNO4S/c21-13-7-5-12(6-8-13)18(23)16-17(15-4-2-10-27-15)22(20(25)19(16)24)11-14-3-1-9-26-14/h1-10,17,23H,11H2. The van der Waals surface area contributed by atoms with Crippen LogP contribution >= 0.6 is 27.3 Å². The number of hydrogen-bond acceptors (Lipinski definition) is 5. The zero-order chi connectivity index (χ0) is 19.0. The molecule has 1 unspecified atom stereocenters. The predicted octanol–water partition coefficient (Wildman–Crippen LogP) is 4.73. The van der Waals surface area contributed by atoms with Gasteiger partial charge in [-0.25, -0.2) is 0 Å². The Labute approximate surface area is 167 Å². The molecule has 136 valence electrons. The summed E-state index contributed by atoms with van der Waals surface area (Å²) in [6, 6.07) is 13.5. The van der Waals surface area contributed by atoms with E-state index in [1.807, 2.05) is 17.5 Å². The average molecular weight is 444 g/mol. The molecule has 4 rings (SSSR count). The van der Waals surface area contributed by atoms with Gasteiger partial charge in [0.1, 0.15) is 17.6 Å². The van der Waals surface area contributed by atoms with Gasteiger partial charge in [0.05, 0.1) is 18.4 Å². The van der Waals surface area contributed by atoms with Gasteiger partial charge in [-0.3, -0.25) is 9.59 Å². The Morgan fingerprint density at radius 1 is 1.15 bits per heavy atom. The van der Waals surface area contributed by atoms with Crippen LogP contribution in [0.3, 0.4) is 0 Å². The topological polar surface area (TPSA) is 70.8 Å². The maximum atomic E-state index is 12.8. The molecule has 1 aliphatic rings. The van der Waals surface area contributed by atoms with Crippen LogP contribution in [0, 0.1) is 0 Å². The van der Waals surface area contributed by atoms with Gasteiger partial charge in [0.25, 0.3) is 11.7 Å². The van der Waals surface area contributed by atoms with Gasteiger partial charge in [-0.05, 0) is 35.7 Å². The van der Waals surface area contributed by atoms with Gasteiger partial charge in [0.15, 0.2) is 0 Å². The second-order valence-corrected chi connectivity index (χ2v) is 7.92. The van der Waals surface area contributed by atoms with Gasteiger partial charge in [-0.1, -0.05) is 34.1 Å². The lowest BCUT2D eigenvalue weighted by molar-refractivity contribution is -0.140. The molecule has 0 saturated carbocycles. The number of carbonyl (C=O) groups is 2. The van der Waals surface area contributed by atoms with Crippen molar-refractivity contribution in [2.75, 3.05) is 0 Å². The maximum Gasteiger partial charge on any atom is 0.296 e. The molecule has 1 saturated heterocycles. The second-order valence-electron chi connectivity index (χ2n) is 6.03. The molecule has 1 fully saturated rings. The van der Waals surface area contributed by atoms with E-state index in [-0.39, 0.29) is 17.9 Å². The molecule has 1 aromatic carbocycles. The Balaban J connectivity index is 1.83. The molecule has 7 heteroatoms. The van der Waals surface area contributed by atoms with E-state index >= 15 is 0 Å². The molecular weight excluding hydrogens is 430 g/mol. The van der Waals surface area contributed by atoms with E-state index in [9.17, 15) is 14.7 Å². The van der Waals surface area contributed by atoms with Gasteiger partial charge in [-0.2, -0.15) is 0 Å². The third-order valence-corrected chi connectivity index (χ3v) is 5.83. The number of benzene rings is 1. The summed E-state index contributed by atoms with van der Waals surface area (Å²) < 4.78 is 6.21. The van der Waals surface area contributed by atoms with E-state index in [0.29, 0.717) is 11.3 Å². The smallest absolute Gasteiger partial charge is 0.296 e. The van der Waals surface area contributed by atoms with Crippen LogP contribution in [0.1, 0.15) is 22.2 Å². The largest absolute Gasteiger partial charge is 0.507 e. The van der Waals surface area contributed by atoms with Crippen molar-refractivity contribution in [3.8, 4) is 0 Å². The van der Waals surface area contributed by atoms with Gasteiger partial charge in [-0.15, -0.1) is 11.3 Å². The molecule has 2 aromatic heterocycles. The second kappa shape index (κ2) is 7.17. The predicted molar refractivity (Wildman–Crippen MR) is 105 cm³/mol. The van der Waals surface area contributed by atoms with E-state index in [1.54, 1.807) is 36.4 Å². The van der Waals surface area contributed by atoms with Crippen LogP contribution in [0.25, 0.3) is 5.76 Å². The van der Waals surface area contributed by atoms with Crippen LogP contribution in [0.2, 0.25) is 0 Å². The van der Waals surface area contributed by atoms with Gasteiger partial charge >= 0.3 is 0 Å². The molecule has 1 aliphatic heterocycles. The Kier molecular flexibility index (Phi) is 4.72. The number of carbonyl (C=O) groups excluding carboxylic acids is 2. The number of Topliss-reactive ketones (excluding diaryl/α,β-unsaturated/α-hetero) is 1. The molecule has 3 aromatic rings. The van der Waals surface area contributed by atoms with E-state index in [1.165, 1.54) is 22.5 Å².